The molecular formula is C14H22BrNO4. The number of rotatable bonds is 10. The van der Waals surface area contributed by atoms with Gasteiger partial charge in [0.15, 0.2) is 0 Å². The molecule has 2 N–H and O–H groups in total. The molecule has 0 fully saturated rings. The highest BCUT2D eigenvalue weighted by Crippen LogP contribution is 2.23. The number of hydrogen-bond donors (Lipinski definition) is 2. The number of hydrogen-bond acceptors (Lipinski definition) is 5. The van der Waals surface area contributed by atoms with Crippen molar-refractivity contribution in [2.24, 2.45) is 0 Å². The molecule has 0 aliphatic carbocycles. The molecule has 0 amide bonds. The summed E-state index contributed by atoms with van der Waals surface area (Å²) >= 11 is 3.45. The van der Waals surface area contributed by atoms with Gasteiger partial charge in [-0.25, -0.2) is 0 Å². The number of aliphatic hydroxyl groups is 1. The van der Waals surface area contributed by atoms with Gasteiger partial charge < -0.3 is 24.6 Å². The van der Waals surface area contributed by atoms with E-state index in [2.05, 4.69) is 21.2 Å². The molecule has 0 saturated heterocycles. The maximum atomic E-state index is 9.61. The fourth-order valence-corrected chi connectivity index (χ4v) is 2.06. The van der Waals surface area contributed by atoms with Gasteiger partial charge in [0.1, 0.15) is 18.5 Å². The number of nitrogens with one attached hydrogen (secondary N) is 1. The van der Waals surface area contributed by atoms with Crippen molar-refractivity contribution in [1.82, 2.24) is 5.32 Å². The smallest absolute Gasteiger partial charge is 0.124 e. The van der Waals surface area contributed by atoms with E-state index in [0.29, 0.717) is 13.2 Å². The quantitative estimate of drug-likeness (QED) is 0.629. The molecule has 0 aromatic heterocycles. The third-order valence-electron chi connectivity index (χ3n) is 2.61. The first-order valence-electron chi connectivity index (χ1n) is 6.45. The van der Waals surface area contributed by atoms with Gasteiger partial charge in [-0.05, 0) is 18.2 Å². The highest BCUT2D eigenvalue weighted by Gasteiger charge is 2.08. The number of ether oxygens (including phenoxy) is 3. The predicted octanol–water partition coefficient (Wildman–Crippen LogP) is 1.57. The van der Waals surface area contributed by atoms with Gasteiger partial charge in [-0.15, -0.1) is 0 Å². The lowest BCUT2D eigenvalue weighted by Crippen LogP contribution is -2.23. The Morgan fingerprint density at radius 2 is 2.05 bits per heavy atom. The summed E-state index contributed by atoms with van der Waals surface area (Å²) in [4.78, 5) is 0. The molecule has 0 aliphatic heterocycles. The zero-order valence-corrected chi connectivity index (χ0v) is 13.5. The van der Waals surface area contributed by atoms with E-state index in [9.17, 15) is 5.11 Å². The normalized spacial score (nSPS) is 12.4. The Labute approximate surface area is 128 Å². The minimum Gasteiger partial charge on any atom is -0.490 e. The second-order valence-electron chi connectivity index (χ2n) is 4.34. The van der Waals surface area contributed by atoms with Crippen LogP contribution in [0.2, 0.25) is 0 Å². The van der Waals surface area contributed by atoms with Crippen LogP contribution in [-0.2, 0) is 16.0 Å². The summed E-state index contributed by atoms with van der Waals surface area (Å²) in [6, 6.07) is 5.80. The van der Waals surface area contributed by atoms with Gasteiger partial charge in [-0.3, -0.25) is 0 Å². The molecule has 0 aliphatic rings. The maximum Gasteiger partial charge on any atom is 0.124 e. The average Bonchev–Trinajstić information content (AvgIpc) is 2.43. The Morgan fingerprint density at radius 3 is 2.75 bits per heavy atom. The monoisotopic (exact) mass is 347 g/mol. The first-order valence-corrected chi connectivity index (χ1v) is 7.24. The zero-order chi connectivity index (χ0) is 14.8. The Bertz CT molecular complexity index is 389. The van der Waals surface area contributed by atoms with E-state index in [-0.39, 0.29) is 13.2 Å². The Morgan fingerprint density at radius 1 is 1.25 bits per heavy atom. The fourth-order valence-electron chi connectivity index (χ4n) is 1.65. The molecule has 0 bridgehead atoms. The average molecular weight is 348 g/mol. The van der Waals surface area contributed by atoms with Crippen molar-refractivity contribution in [3.63, 3.8) is 0 Å². The van der Waals surface area contributed by atoms with Crippen molar-refractivity contribution in [2.75, 3.05) is 40.6 Å². The molecule has 1 rings (SSSR count). The number of halogens is 1. The molecule has 6 heteroatoms. The lowest BCUT2D eigenvalue weighted by atomic mass is 10.2. The van der Waals surface area contributed by atoms with Crippen LogP contribution in [0.5, 0.6) is 5.75 Å². The van der Waals surface area contributed by atoms with Gasteiger partial charge in [-0.1, -0.05) is 15.9 Å². The van der Waals surface area contributed by atoms with Gasteiger partial charge in [0.25, 0.3) is 0 Å². The molecule has 1 unspecified atom stereocenters. The van der Waals surface area contributed by atoms with Crippen LogP contribution in [0.15, 0.2) is 22.7 Å². The molecule has 0 spiro atoms. The van der Waals surface area contributed by atoms with Crippen LogP contribution in [0, 0.1) is 0 Å². The van der Waals surface area contributed by atoms with E-state index < -0.39 is 6.10 Å². The summed E-state index contributed by atoms with van der Waals surface area (Å²) in [6.07, 6.45) is -0.627. The van der Waals surface area contributed by atoms with Crippen molar-refractivity contribution < 1.29 is 19.3 Å². The third-order valence-corrected chi connectivity index (χ3v) is 3.10. The van der Waals surface area contributed by atoms with Crippen LogP contribution in [0.4, 0.5) is 0 Å². The molecular weight excluding hydrogens is 326 g/mol. The van der Waals surface area contributed by atoms with Crippen LogP contribution >= 0.6 is 15.9 Å². The van der Waals surface area contributed by atoms with Gasteiger partial charge >= 0.3 is 0 Å². The van der Waals surface area contributed by atoms with Crippen molar-refractivity contribution >= 4 is 15.9 Å². The van der Waals surface area contributed by atoms with Crippen LogP contribution in [0.3, 0.4) is 0 Å². The predicted molar refractivity (Wildman–Crippen MR) is 81.1 cm³/mol. The number of aliphatic hydroxyl groups excluding tert-OH is 1. The lowest BCUT2D eigenvalue weighted by Gasteiger charge is -2.15. The second kappa shape index (κ2) is 10.1. The molecule has 0 saturated carbocycles. The van der Waals surface area contributed by atoms with Gasteiger partial charge in [-0.2, -0.15) is 0 Å². The highest BCUT2D eigenvalue weighted by atomic mass is 79.9. The van der Waals surface area contributed by atoms with Crippen LogP contribution in [-0.4, -0.2) is 51.8 Å². The standard InChI is InChI=1S/C14H22BrNO4/c1-18-6-5-16-8-11-7-12(15)3-4-14(11)20-10-13(17)9-19-2/h3-4,7,13,16-17H,5-6,8-10H2,1-2H3. The van der Waals surface area contributed by atoms with Gasteiger partial charge in [0.2, 0.25) is 0 Å². The highest BCUT2D eigenvalue weighted by molar-refractivity contribution is 9.10. The summed E-state index contributed by atoms with van der Waals surface area (Å²) in [5, 5.41) is 12.9. The second-order valence-corrected chi connectivity index (χ2v) is 5.26. The topological polar surface area (TPSA) is 60.0 Å². The van der Waals surface area contributed by atoms with E-state index in [1.807, 2.05) is 18.2 Å². The minimum atomic E-state index is -0.627. The summed E-state index contributed by atoms with van der Waals surface area (Å²) in [6.45, 7) is 2.59. The molecule has 0 radical (unpaired) electrons. The zero-order valence-electron chi connectivity index (χ0n) is 11.9. The third kappa shape index (κ3) is 6.67. The summed E-state index contributed by atoms with van der Waals surface area (Å²) in [5.74, 6) is 0.758. The van der Waals surface area contributed by atoms with Crippen LogP contribution < -0.4 is 10.1 Å². The van der Waals surface area contributed by atoms with Crippen molar-refractivity contribution in [3.8, 4) is 5.75 Å². The maximum absolute atomic E-state index is 9.61. The van der Waals surface area contributed by atoms with Crippen molar-refractivity contribution in [1.29, 1.82) is 0 Å². The molecule has 114 valence electrons. The van der Waals surface area contributed by atoms with Gasteiger partial charge in [0.05, 0.1) is 13.2 Å². The number of benzene rings is 1. The molecule has 20 heavy (non-hydrogen) atoms. The summed E-state index contributed by atoms with van der Waals surface area (Å²) in [5.41, 5.74) is 1.03. The van der Waals surface area contributed by atoms with E-state index in [0.717, 1.165) is 22.3 Å². The van der Waals surface area contributed by atoms with E-state index in [1.54, 1.807) is 14.2 Å². The van der Waals surface area contributed by atoms with Crippen LogP contribution in [0.1, 0.15) is 5.56 Å². The Hall–Kier alpha value is -0.660. The Kier molecular flexibility index (Phi) is 8.80. The molecule has 5 nitrogen and oxygen atoms in total. The SMILES string of the molecule is COCCNCc1cc(Br)ccc1OCC(O)COC. The first kappa shape index (κ1) is 17.4. The number of methoxy groups -OCH3 is 2. The van der Waals surface area contributed by atoms with E-state index in [4.69, 9.17) is 14.2 Å². The lowest BCUT2D eigenvalue weighted by molar-refractivity contribution is 0.0323. The molecule has 1 atom stereocenters. The summed E-state index contributed by atoms with van der Waals surface area (Å²) in [7, 11) is 3.22. The summed E-state index contributed by atoms with van der Waals surface area (Å²) < 4.78 is 16.5. The Balaban J connectivity index is 2.55. The van der Waals surface area contributed by atoms with Gasteiger partial charge in [0, 0.05) is 37.3 Å². The van der Waals surface area contributed by atoms with E-state index in [1.165, 1.54) is 0 Å². The van der Waals surface area contributed by atoms with Crippen LogP contribution in [0.25, 0.3) is 0 Å². The van der Waals surface area contributed by atoms with Crippen molar-refractivity contribution in [2.45, 2.75) is 12.6 Å². The molecule has 1 aromatic carbocycles. The first-order chi connectivity index (χ1) is 9.67. The van der Waals surface area contributed by atoms with E-state index >= 15 is 0 Å². The molecule has 0 heterocycles. The largest absolute Gasteiger partial charge is 0.490 e. The van der Waals surface area contributed by atoms with Crippen molar-refractivity contribution in [3.05, 3.63) is 28.2 Å². The minimum absolute atomic E-state index is 0.209. The molecule has 1 aromatic rings. The fraction of sp³-hybridized carbons (Fsp3) is 0.571.